The number of carbonyl (C=O) groups is 1. The number of benzene rings is 1. The Hall–Kier alpha value is -0.350. The highest BCUT2D eigenvalue weighted by Crippen LogP contribution is 2.25. The molecule has 2 rings (SSSR count). The van der Waals surface area contributed by atoms with Crippen LogP contribution in [0.1, 0.15) is 48.9 Å². The number of rotatable bonds is 2. The van der Waals surface area contributed by atoms with E-state index in [4.69, 9.17) is 11.6 Å². The molecule has 0 N–H and O–H groups in total. The summed E-state index contributed by atoms with van der Waals surface area (Å²) < 4.78 is 0.977. The van der Waals surface area contributed by atoms with Gasteiger partial charge in [0.15, 0.2) is 5.78 Å². The van der Waals surface area contributed by atoms with Crippen LogP contribution < -0.4 is 0 Å². The molecule has 0 amide bonds. The van der Waals surface area contributed by atoms with Crippen molar-refractivity contribution >= 4 is 40.0 Å². The minimum absolute atomic E-state index is 0.156. The Labute approximate surface area is 127 Å². The maximum atomic E-state index is 12.5. The van der Waals surface area contributed by atoms with Crippen molar-refractivity contribution < 1.29 is 4.79 Å². The molecule has 0 aliphatic heterocycles. The molecule has 0 heterocycles. The van der Waals surface area contributed by atoms with Crippen LogP contribution >= 0.6 is 34.2 Å². The van der Waals surface area contributed by atoms with Crippen molar-refractivity contribution in [1.82, 2.24) is 0 Å². The molecular formula is C15H16ClIO. The highest BCUT2D eigenvalue weighted by Gasteiger charge is 2.16. The molecule has 0 radical (unpaired) electrons. The maximum Gasteiger partial charge on any atom is 0.189 e. The van der Waals surface area contributed by atoms with E-state index in [-0.39, 0.29) is 5.78 Å². The third-order valence-corrected chi connectivity index (χ3v) is 4.43. The fourth-order valence-electron chi connectivity index (χ4n) is 2.24. The summed E-state index contributed by atoms with van der Waals surface area (Å²) in [5, 5.41) is 0.630. The first-order valence-corrected chi connectivity index (χ1v) is 7.83. The summed E-state index contributed by atoms with van der Waals surface area (Å²) in [4.78, 5) is 12.5. The van der Waals surface area contributed by atoms with Crippen molar-refractivity contribution in [3.05, 3.63) is 44.0 Å². The van der Waals surface area contributed by atoms with Gasteiger partial charge >= 0.3 is 0 Å². The highest BCUT2D eigenvalue weighted by molar-refractivity contribution is 14.1. The standard InChI is InChI=1S/C15H16ClIO/c16-12-8-9-14(17)13(10-12)15(18)11-6-4-2-1-3-5-7-11/h6,8-10H,1-5,7H2/b11-6+. The molecular weight excluding hydrogens is 359 g/mol. The molecule has 96 valence electrons. The summed E-state index contributed by atoms with van der Waals surface area (Å²) in [5.41, 5.74) is 1.71. The second-order valence-corrected chi connectivity index (χ2v) is 6.23. The summed E-state index contributed by atoms with van der Waals surface area (Å²) in [7, 11) is 0. The van der Waals surface area contributed by atoms with Gasteiger partial charge in [0.05, 0.1) is 0 Å². The summed E-state index contributed by atoms with van der Waals surface area (Å²) >= 11 is 8.18. The molecule has 0 aromatic heterocycles. The Kier molecular flexibility index (Phi) is 5.25. The van der Waals surface area contributed by atoms with Crippen molar-refractivity contribution in [3.8, 4) is 0 Å². The Morgan fingerprint density at radius 3 is 2.78 bits per heavy atom. The van der Waals surface area contributed by atoms with Crippen LogP contribution in [0.3, 0.4) is 0 Å². The topological polar surface area (TPSA) is 17.1 Å². The lowest BCUT2D eigenvalue weighted by atomic mass is 9.94. The number of Topliss-reactive ketones (excluding diaryl/α,β-unsaturated/α-hetero) is 1. The van der Waals surface area contributed by atoms with Gasteiger partial charge in [-0.3, -0.25) is 4.79 Å². The second-order valence-electron chi connectivity index (χ2n) is 4.64. The van der Waals surface area contributed by atoms with Gasteiger partial charge in [-0.25, -0.2) is 0 Å². The van der Waals surface area contributed by atoms with Gasteiger partial charge in [-0.15, -0.1) is 0 Å². The van der Waals surface area contributed by atoms with Gasteiger partial charge in [0, 0.05) is 14.2 Å². The molecule has 0 spiro atoms. The van der Waals surface area contributed by atoms with E-state index >= 15 is 0 Å². The third kappa shape index (κ3) is 3.58. The molecule has 3 heteroatoms. The van der Waals surface area contributed by atoms with Gasteiger partial charge in [0.25, 0.3) is 0 Å². The van der Waals surface area contributed by atoms with Gasteiger partial charge in [0.2, 0.25) is 0 Å². The Balaban J connectivity index is 2.26. The number of hydrogen-bond donors (Lipinski definition) is 0. The van der Waals surface area contributed by atoms with Gasteiger partial charge in [-0.1, -0.05) is 30.5 Å². The fraction of sp³-hybridized carbons (Fsp3) is 0.400. The van der Waals surface area contributed by atoms with Crippen molar-refractivity contribution in [2.24, 2.45) is 0 Å². The molecule has 0 atom stereocenters. The molecule has 1 nitrogen and oxygen atoms in total. The predicted molar refractivity (Wildman–Crippen MR) is 84.3 cm³/mol. The second kappa shape index (κ2) is 6.71. The normalized spacial score (nSPS) is 19.6. The smallest absolute Gasteiger partial charge is 0.189 e. The minimum Gasteiger partial charge on any atom is -0.289 e. The van der Waals surface area contributed by atoms with Crippen LogP contribution in [-0.2, 0) is 0 Å². The van der Waals surface area contributed by atoms with Crippen LogP contribution in [0.5, 0.6) is 0 Å². The first-order valence-electron chi connectivity index (χ1n) is 6.37. The minimum atomic E-state index is 0.156. The van der Waals surface area contributed by atoms with Crippen molar-refractivity contribution in [2.45, 2.75) is 38.5 Å². The molecule has 0 saturated carbocycles. The molecule has 0 unspecified atom stereocenters. The van der Waals surface area contributed by atoms with E-state index in [1.165, 1.54) is 19.3 Å². The zero-order valence-electron chi connectivity index (χ0n) is 10.2. The van der Waals surface area contributed by atoms with Crippen LogP contribution in [0.15, 0.2) is 29.8 Å². The van der Waals surface area contributed by atoms with Crippen molar-refractivity contribution in [1.29, 1.82) is 0 Å². The number of carbonyl (C=O) groups excluding carboxylic acids is 1. The maximum absolute atomic E-state index is 12.5. The first-order chi connectivity index (χ1) is 8.68. The Bertz CT molecular complexity index is 479. The monoisotopic (exact) mass is 374 g/mol. The summed E-state index contributed by atoms with van der Waals surface area (Å²) in [6.45, 7) is 0. The number of hydrogen-bond acceptors (Lipinski definition) is 1. The third-order valence-electron chi connectivity index (χ3n) is 3.26. The SMILES string of the molecule is O=C(/C1=C/CCCCCC1)c1cc(Cl)ccc1I. The van der Waals surface area contributed by atoms with Gasteiger partial charge in [-0.2, -0.15) is 0 Å². The first kappa shape index (κ1) is 14.1. The lowest BCUT2D eigenvalue weighted by Crippen LogP contribution is -2.07. The largest absolute Gasteiger partial charge is 0.289 e. The summed E-state index contributed by atoms with van der Waals surface area (Å²) in [6.07, 6.45) is 8.89. The quantitative estimate of drug-likeness (QED) is 0.500. The van der Waals surface area contributed by atoms with E-state index in [0.29, 0.717) is 5.02 Å². The molecule has 18 heavy (non-hydrogen) atoms. The van der Waals surface area contributed by atoms with Crippen molar-refractivity contribution in [3.63, 3.8) is 0 Å². The van der Waals surface area contributed by atoms with E-state index < -0.39 is 0 Å². The van der Waals surface area contributed by atoms with E-state index in [1.807, 2.05) is 12.1 Å². The van der Waals surface area contributed by atoms with Gasteiger partial charge in [0.1, 0.15) is 0 Å². The average molecular weight is 375 g/mol. The molecule has 1 aliphatic carbocycles. The van der Waals surface area contributed by atoms with Crippen LogP contribution in [0.2, 0.25) is 5.02 Å². The molecule has 0 saturated heterocycles. The molecule has 0 bridgehead atoms. The molecule has 1 aliphatic rings. The van der Waals surface area contributed by atoms with E-state index in [9.17, 15) is 4.79 Å². The van der Waals surface area contributed by atoms with Gasteiger partial charge < -0.3 is 0 Å². The summed E-state index contributed by atoms with van der Waals surface area (Å²) in [5.74, 6) is 0.156. The molecule has 1 aromatic carbocycles. The van der Waals surface area contributed by atoms with Crippen molar-refractivity contribution in [2.75, 3.05) is 0 Å². The van der Waals surface area contributed by atoms with Crippen LogP contribution in [0.25, 0.3) is 0 Å². The lowest BCUT2D eigenvalue weighted by molar-refractivity contribution is 0.102. The number of halogens is 2. The Morgan fingerprint density at radius 2 is 1.94 bits per heavy atom. The zero-order chi connectivity index (χ0) is 13.0. The van der Waals surface area contributed by atoms with Crippen LogP contribution in [0, 0.1) is 3.57 Å². The van der Waals surface area contributed by atoms with Crippen LogP contribution in [0.4, 0.5) is 0 Å². The average Bonchev–Trinajstić information content (AvgIpc) is 2.31. The van der Waals surface area contributed by atoms with E-state index in [2.05, 4.69) is 28.7 Å². The highest BCUT2D eigenvalue weighted by atomic mass is 127. The zero-order valence-corrected chi connectivity index (χ0v) is 13.1. The van der Waals surface area contributed by atoms with Crippen LogP contribution in [-0.4, -0.2) is 5.78 Å². The predicted octanol–water partition coefficient (Wildman–Crippen LogP) is 5.41. The Morgan fingerprint density at radius 1 is 1.17 bits per heavy atom. The summed E-state index contributed by atoms with van der Waals surface area (Å²) in [6, 6.07) is 5.51. The molecule has 0 fully saturated rings. The van der Waals surface area contributed by atoms with E-state index in [1.54, 1.807) is 6.07 Å². The van der Waals surface area contributed by atoms with Gasteiger partial charge in [-0.05, 0) is 72.0 Å². The number of allylic oxidation sites excluding steroid dienone is 2. The number of ketones is 1. The van der Waals surface area contributed by atoms with E-state index in [0.717, 1.165) is 34.0 Å². The molecule has 1 aromatic rings. The fourth-order valence-corrected chi connectivity index (χ4v) is 2.99. The lowest BCUT2D eigenvalue weighted by Gasteiger charge is -2.11.